The number of rotatable bonds is 0. The third kappa shape index (κ3) is 1.20. The zero-order chi connectivity index (χ0) is 9.46. The molecular weight excluding hydrogens is 219 g/mol. The fourth-order valence-corrected chi connectivity index (χ4v) is 1.38. The SMILES string of the molecule is [B]c1c(O)c(C)c(O)c(C)c1Br. The van der Waals surface area contributed by atoms with Crippen LogP contribution in [0.25, 0.3) is 0 Å². The Balaban J connectivity index is 3.60. The summed E-state index contributed by atoms with van der Waals surface area (Å²) in [6.45, 7) is 3.34. The van der Waals surface area contributed by atoms with Crippen molar-refractivity contribution >= 4 is 29.2 Å². The van der Waals surface area contributed by atoms with Gasteiger partial charge in [0.05, 0.1) is 0 Å². The van der Waals surface area contributed by atoms with Crippen LogP contribution in [0.4, 0.5) is 0 Å². The summed E-state index contributed by atoms with van der Waals surface area (Å²) in [6, 6.07) is 0. The maximum Gasteiger partial charge on any atom is 0.126 e. The predicted octanol–water partition coefficient (Wildman–Crippen LogP) is 1.27. The standard InChI is InChI=1S/C8H8BBrO2/c1-3-6(10)5(9)8(12)4(2)7(3)11/h11-12H,1-2H3. The van der Waals surface area contributed by atoms with Gasteiger partial charge in [-0.15, -0.1) is 0 Å². The molecule has 0 aliphatic carbocycles. The van der Waals surface area contributed by atoms with Gasteiger partial charge < -0.3 is 10.2 Å². The minimum atomic E-state index is -0.0648. The Labute approximate surface area is 80.8 Å². The molecule has 2 N–H and O–H groups in total. The molecule has 0 bridgehead atoms. The van der Waals surface area contributed by atoms with Crippen molar-refractivity contribution in [3.05, 3.63) is 15.6 Å². The van der Waals surface area contributed by atoms with Crippen molar-refractivity contribution in [2.24, 2.45) is 0 Å². The van der Waals surface area contributed by atoms with E-state index in [4.69, 9.17) is 7.85 Å². The third-order valence-corrected chi connectivity index (χ3v) is 2.91. The van der Waals surface area contributed by atoms with E-state index < -0.39 is 0 Å². The summed E-state index contributed by atoms with van der Waals surface area (Å²) in [6.07, 6.45) is 0. The van der Waals surface area contributed by atoms with E-state index in [0.717, 1.165) is 0 Å². The smallest absolute Gasteiger partial charge is 0.126 e. The highest BCUT2D eigenvalue weighted by Gasteiger charge is 2.13. The minimum Gasteiger partial charge on any atom is -0.508 e. The molecule has 0 saturated carbocycles. The number of hydrogen-bond acceptors (Lipinski definition) is 2. The normalized spacial score (nSPS) is 10.2. The summed E-state index contributed by atoms with van der Waals surface area (Å²) in [7, 11) is 5.54. The van der Waals surface area contributed by atoms with Crippen LogP contribution in [0.1, 0.15) is 11.1 Å². The van der Waals surface area contributed by atoms with Gasteiger partial charge in [0, 0.05) is 15.6 Å². The second-order valence-corrected chi connectivity index (χ2v) is 3.47. The lowest BCUT2D eigenvalue weighted by molar-refractivity contribution is 0.442. The first kappa shape index (κ1) is 9.45. The molecule has 2 nitrogen and oxygen atoms in total. The Morgan fingerprint density at radius 3 is 2.08 bits per heavy atom. The first-order valence-corrected chi connectivity index (χ1v) is 4.22. The van der Waals surface area contributed by atoms with Crippen molar-refractivity contribution in [3.8, 4) is 11.5 Å². The first-order chi connectivity index (χ1) is 5.46. The maximum absolute atomic E-state index is 9.45. The van der Waals surface area contributed by atoms with Gasteiger partial charge in [0.15, 0.2) is 0 Å². The second-order valence-electron chi connectivity index (χ2n) is 2.67. The van der Waals surface area contributed by atoms with E-state index in [0.29, 0.717) is 15.6 Å². The van der Waals surface area contributed by atoms with E-state index in [1.54, 1.807) is 13.8 Å². The van der Waals surface area contributed by atoms with Crippen LogP contribution in [-0.2, 0) is 0 Å². The summed E-state index contributed by atoms with van der Waals surface area (Å²) in [4.78, 5) is 0. The summed E-state index contributed by atoms with van der Waals surface area (Å²) in [5, 5.41) is 18.8. The highest BCUT2D eigenvalue weighted by Crippen LogP contribution is 2.32. The van der Waals surface area contributed by atoms with Crippen LogP contribution in [0.2, 0.25) is 0 Å². The molecular formula is C8H8BBrO2. The second kappa shape index (κ2) is 3.01. The van der Waals surface area contributed by atoms with Crippen molar-refractivity contribution in [3.63, 3.8) is 0 Å². The summed E-state index contributed by atoms with van der Waals surface area (Å²) < 4.78 is 0.545. The Morgan fingerprint density at radius 2 is 1.58 bits per heavy atom. The third-order valence-electron chi connectivity index (χ3n) is 1.89. The highest BCUT2D eigenvalue weighted by atomic mass is 79.9. The Bertz CT molecular complexity index is 231. The number of phenolic OH excluding ortho intramolecular Hbond substituents is 2. The van der Waals surface area contributed by atoms with Gasteiger partial charge in [0.1, 0.15) is 19.3 Å². The van der Waals surface area contributed by atoms with E-state index in [9.17, 15) is 10.2 Å². The van der Waals surface area contributed by atoms with Crippen LogP contribution in [0, 0.1) is 13.8 Å². The topological polar surface area (TPSA) is 40.5 Å². The van der Waals surface area contributed by atoms with Crippen molar-refractivity contribution in [2.45, 2.75) is 13.8 Å². The molecule has 62 valence electrons. The zero-order valence-corrected chi connectivity index (χ0v) is 8.44. The molecule has 0 atom stereocenters. The number of benzene rings is 1. The van der Waals surface area contributed by atoms with Crippen LogP contribution >= 0.6 is 15.9 Å². The lowest BCUT2D eigenvalue weighted by atomic mass is 9.90. The van der Waals surface area contributed by atoms with Crippen molar-refractivity contribution in [1.29, 1.82) is 0 Å². The number of hydrogen-bond donors (Lipinski definition) is 2. The van der Waals surface area contributed by atoms with Gasteiger partial charge in [-0.1, -0.05) is 15.9 Å². The first-order valence-electron chi connectivity index (χ1n) is 3.42. The molecule has 1 aromatic carbocycles. The molecule has 1 rings (SSSR count). The van der Waals surface area contributed by atoms with Crippen LogP contribution in [-0.4, -0.2) is 18.1 Å². The van der Waals surface area contributed by atoms with E-state index in [1.165, 1.54) is 0 Å². The molecule has 12 heavy (non-hydrogen) atoms. The van der Waals surface area contributed by atoms with Gasteiger partial charge >= 0.3 is 0 Å². The highest BCUT2D eigenvalue weighted by molar-refractivity contribution is 9.10. The lowest BCUT2D eigenvalue weighted by Gasteiger charge is -2.11. The molecule has 0 heterocycles. The average Bonchev–Trinajstić information content (AvgIpc) is 2.08. The number of aromatic hydroxyl groups is 2. The van der Waals surface area contributed by atoms with Crippen LogP contribution in [0.5, 0.6) is 11.5 Å². The Hall–Kier alpha value is -0.635. The molecule has 4 heteroatoms. The molecule has 0 fully saturated rings. The maximum atomic E-state index is 9.45. The lowest BCUT2D eigenvalue weighted by Crippen LogP contribution is -2.08. The van der Waals surface area contributed by atoms with Gasteiger partial charge in [-0.05, 0) is 19.3 Å². The van der Waals surface area contributed by atoms with Gasteiger partial charge in [-0.2, -0.15) is 0 Å². The molecule has 0 spiro atoms. The Morgan fingerprint density at radius 1 is 1.08 bits per heavy atom. The van der Waals surface area contributed by atoms with Crippen LogP contribution in [0.15, 0.2) is 4.47 Å². The van der Waals surface area contributed by atoms with Gasteiger partial charge in [0.2, 0.25) is 0 Å². The Kier molecular flexibility index (Phi) is 2.37. The summed E-state index contributed by atoms with van der Waals surface area (Å²) in [5.41, 5.74) is 1.32. The monoisotopic (exact) mass is 226 g/mol. The molecule has 0 aromatic heterocycles. The summed E-state index contributed by atoms with van der Waals surface area (Å²) >= 11 is 3.17. The fourth-order valence-electron chi connectivity index (χ4n) is 1.01. The van der Waals surface area contributed by atoms with Crippen molar-refractivity contribution in [2.75, 3.05) is 0 Å². The van der Waals surface area contributed by atoms with E-state index in [-0.39, 0.29) is 17.0 Å². The zero-order valence-electron chi connectivity index (χ0n) is 6.85. The number of phenols is 2. The molecule has 0 aliphatic rings. The van der Waals surface area contributed by atoms with Crippen LogP contribution in [0.3, 0.4) is 0 Å². The molecule has 2 radical (unpaired) electrons. The summed E-state index contributed by atoms with van der Waals surface area (Å²) in [5.74, 6) is 0.0125. The van der Waals surface area contributed by atoms with E-state index in [1.807, 2.05) is 0 Å². The minimum absolute atomic E-state index is 0.0648. The van der Waals surface area contributed by atoms with Crippen LogP contribution < -0.4 is 5.46 Å². The molecule has 0 aliphatic heterocycles. The fraction of sp³-hybridized carbons (Fsp3) is 0.250. The van der Waals surface area contributed by atoms with Gasteiger partial charge in [-0.25, -0.2) is 0 Å². The quantitative estimate of drug-likeness (QED) is 0.655. The molecule has 1 aromatic rings. The average molecular weight is 227 g/mol. The van der Waals surface area contributed by atoms with E-state index >= 15 is 0 Å². The molecule has 0 amide bonds. The molecule has 0 unspecified atom stereocenters. The van der Waals surface area contributed by atoms with Crippen molar-refractivity contribution in [1.82, 2.24) is 0 Å². The predicted molar refractivity (Wildman–Crippen MR) is 52.3 cm³/mol. The van der Waals surface area contributed by atoms with E-state index in [2.05, 4.69) is 15.9 Å². The number of halogens is 1. The van der Waals surface area contributed by atoms with Gasteiger partial charge in [-0.3, -0.25) is 0 Å². The molecule has 0 saturated heterocycles. The van der Waals surface area contributed by atoms with Gasteiger partial charge in [0.25, 0.3) is 0 Å². The van der Waals surface area contributed by atoms with Crippen molar-refractivity contribution < 1.29 is 10.2 Å². The largest absolute Gasteiger partial charge is 0.508 e.